The van der Waals surface area contributed by atoms with E-state index >= 15 is 0 Å². The molecule has 0 bridgehead atoms. The number of thiocarbonyl (C=S) groups is 1. The minimum absolute atomic E-state index is 0.0326. The van der Waals surface area contributed by atoms with Gasteiger partial charge >= 0.3 is 0 Å². The zero-order chi connectivity index (χ0) is 15.0. The van der Waals surface area contributed by atoms with Crippen molar-refractivity contribution in [2.75, 3.05) is 0 Å². The first kappa shape index (κ1) is 15.9. The van der Waals surface area contributed by atoms with Gasteiger partial charge in [-0.1, -0.05) is 30.3 Å². The topological polar surface area (TPSA) is 107 Å². The van der Waals surface area contributed by atoms with Gasteiger partial charge in [0, 0.05) is 13.0 Å². The van der Waals surface area contributed by atoms with Crippen molar-refractivity contribution in [1.29, 1.82) is 0 Å². The fraction of sp³-hybridized carbons (Fsp3) is 0.308. The second-order valence-electron chi connectivity index (χ2n) is 4.19. The van der Waals surface area contributed by atoms with E-state index in [-0.39, 0.29) is 18.0 Å². The summed E-state index contributed by atoms with van der Waals surface area (Å²) in [7, 11) is 0. The van der Waals surface area contributed by atoms with E-state index in [2.05, 4.69) is 10.6 Å². The molecular formula is C13H16N3O3S-. The number of nitrogens with one attached hydrogen (secondary N) is 2. The number of hydrogen-bond donors (Lipinski definition) is 3. The van der Waals surface area contributed by atoms with E-state index in [4.69, 9.17) is 18.0 Å². The van der Waals surface area contributed by atoms with Crippen molar-refractivity contribution in [2.24, 2.45) is 5.73 Å². The number of carboxylic acid groups (broad SMARTS) is 1. The Morgan fingerprint density at radius 1 is 1.30 bits per heavy atom. The summed E-state index contributed by atoms with van der Waals surface area (Å²) in [6.07, 6.45) is -0.0161. The van der Waals surface area contributed by atoms with Crippen LogP contribution in [0.3, 0.4) is 0 Å². The van der Waals surface area contributed by atoms with Gasteiger partial charge in [0.2, 0.25) is 5.91 Å². The van der Waals surface area contributed by atoms with Crippen LogP contribution in [0.4, 0.5) is 0 Å². The van der Waals surface area contributed by atoms with Gasteiger partial charge in [0.1, 0.15) is 0 Å². The SMILES string of the molecule is NC(=O)CC[C@H](NC(=S)NCc1ccccc1)C(=O)[O-]. The largest absolute Gasteiger partial charge is 0.548 e. The van der Waals surface area contributed by atoms with E-state index in [1.165, 1.54) is 0 Å². The fourth-order valence-corrected chi connectivity index (χ4v) is 1.74. The Hall–Kier alpha value is -2.15. The highest BCUT2D eigenvalue weighted by Gasteiger charge is 2.12. The molecule has 0 radical (unpaired) electrons. The van der Waals surface area contributed by atoms with Crippen LogP contribution in [0.5, 0.6) is 0 Å². The van der Waals surface area contributed by atoms with Crippen LogP contribution >= 0.6 is 12.2 Å². The Balaban J connectivity index is 2.41. The average molecular weight is 294 g/mol. The zero-order valence-electron chi connectivity index (χ0n) is 10.8. The van der Waals surface area contributed by atoms with E-state index in [1.807, 2.05) is 30.3 Å². The van der Waals surface area contributed by atoms with Crippen LogP contribution in [0.1, 0.15) is 18.4 Å². The lowest BCUT2D eigenvalue weighted by molar-refractivity contribution is -0.308. The maximum Gasteiger partial charge on any atom is 0.217 e. The molecule has 0 fully saturated rings. The average Bonchev–Trinajstić information content (AvgIpc) is 2.41. The standard InChI is InChI=1S/C13H17N3O3S/c14-11(17)7-6-10(12(18)19)16-13(20)15-8-9-4-2-1-3-5-9/h1-5,10H,6-8H2,(H2,14,17)(H,18,19)(H2,15,16,20)/p-1/t10-/m0/s1. The summed E-state index contributed by atoms with van der Waals surface area (Å²) in [6, 6.07) is 8.47. The van der Waals surface area contributed by atoms with Crippen LogP contribution in [0, 0.1) is 0 Å². The van der Waals surface area contributed by atoms with Crippen molar-refractivity contribution in [2.45, 2.75) is 25.4 Å². The third-order valence-corrected chi connectivity index (χ3v) is 2.83. The van der Waals surface area contributed by atoms with Crippen molar-refractivity contribution in [1.82, 2.24) is 10.6 Å². The normalized spacial score (nSPS) is 11.4. The second kappa shape index (κ2) is 8.11. The molecule has 0 aliphatic carbocycles. The van der Waals surface area contributed by atoms with Gasteiger partial charge in [-0.05, 0) is 24.2 Å². The highest BCUT2D eigenvalue weighted by Crippen LogP contribution is 1.98. The molecule has 4 N–H and O–H groups in total. The van der Waals surface area contributed by atoms with Crippen LogP contribution in [0.2, 0.25) is 0 Å². The molecule has 1 atom stereocenters. The van der Waals surface area contributed by atoms with E-state index in [9.17, 15) is 14.7 Å². The van der Waals surface area contributed by atoms with Crippen molar-refractivity contribution in [3.05, 3.63) is 35.9 Å². The number of benzene rings is 1. The van der Waals surface area contributed by atoms with Gasteiger partial charge in [0.25, 0.3) is 0 Å². The lowest BCUT2D eigenvalue weighted by Crippen LogP contribution is -2.51. The molecule has 1 aromatic rings. The Labute approximate surface area is 122 Å². The highest BCUT2D eigenvalue weighted by atomic mass is 32.1. The maximum atomic E-state index is 10.9. The van der Waals surface area contributed by atoms with Crippen LogP contribution < -0.4 is 21.5 Å². The first-order chi connectivity index (χ1) is 9.49. The number of carboxylic acids is 1. The molecule has 0 saturated heterocycles. The predicted molar refractivity (Wildman–Crippen MR) is 76.2 cm³/mol. The smallest absolute Gasteiger partial charge is 0.217 e. The fourth-order valence-electron chi connectivity index (χ4n) is 1.52. The summed E-state index contributed by atoms with van der Waals surface area (Å²) in [5.41, 5.74) is 5.99. The highest BCUT2D eigenvalue weighted by molar-refractivity contribution is 7.80. The molecule has 1 rings (SSSR count). The molecule has 0 unspecified atom stereocenters. The minimum Gasteiger partial charge on any atom is -0.548 e. The maximum absolute atomic E-state index is 10.9. The van der Waals surface area contributed by atoms with E-state index in [0.717, 1.165) is 5.56 Å². The molecule has 0 spiro atoms. The molecule has 0 heterocycles. The zero-order valence-corrected chi connectivity index (χ0v) is 11.6. The molecule has 0 aromatic heterocycles. The molecule has 0 aliphatic heterocycles. The lowest BCUT2D eigenvalue weighted by Gasteiger charge is -2.21. The van der Waals surface area contributed by atoms with Gasteiger partial charge in [0.05, 0.1) is 12.0 Å². The Morgan fingerprint density at radius 2 is 1.95 bits per heavy atom. The van der Waals surface area contributed by atoms with E-state index in [1.54, 1.807) is 0 Å². The van der Waals surface area contributed by atoms with E-state index in [0.29, 0.717) is 6.54 Å². The first-order valence-electron chi connectivity index (χ1n) is 6.06. The number of primary amides is 1. The van der Waals surface area contributed by atoms with Gasteiger partial charge in [-0.25, -0.2) is 0 Å². The summed E-state index contributed by atoms with van der Waals surface area (Å²) in [6.45, 7) is 0.474. The van der Waals surface area contributed by atoms with Crippen LogP contribution in [0.25, 0.3) is 0 Å². The number of amides is 1. The molecule has 1 aromatic carbocycles. The number of carbonyl (C=O) groups excluding carboxylic acids is 2. The van der Waals surface area contributed by atoms with Gasteiger partial charge in [0.15, 0.2) is 5.11 Å². The second-order valence-corrected chi connectivity index (χ2v) is 4.60. The molecule has 6 nitrogen and oxygen atoms in total. The summed E-state index contributed by atoms with van der Waals surface area (Å²) in [4.78, 5) is 21.6. The lowest BCUT2D eigenvalue weighted by atomic mass is 10.1. The number of hydrogen-bond acceptors (Lipinski definition) is 4. The molecule has 20 heavy (non-hydrogen) atoms. The van der Waals surface area contributed by atoms with Crippen molar-refractivity contribution in [3.8, 4) is 0 Å². The quantitative estimate of drug-likeness (QED) is 0.559. The van der Waals surface area contributed by atoms with Gasteiger partial charge in [-0.15, -0.1) is 0 Å². The molecule has 0 saturated carbocycles. The first-order valence-corrected chi connectivity index (χ1v) is 6.47. The van der Waals surface area contributed by atoms with Crippen molar-refractivity contribution >= 4 is 29.2 Å². The molecule has 7 heteroatoms. The van der Waals surface area contributed by atoms with Crippen LogP contribution in [-0.2, 0) is 16.1 Å². The Kier molecular flexibility index (Phi) is 6.45. The number of nitrogens with two attached hydrogens (primary N) is 1. The Morgan fingerprint density at radius 3 is 2.50 bits per heavy atom. The van der Waals surface area contributed by atoms with Gasteiger partial charge in [-0.3, -0.25) is 4.79 Å². The van der Waals surface area contributed by atoms with Gasteiger partial charge in [-0.2, -0.15) is 0 Å². The monoisotopic (exact) mass is 294 g/mol. The number of rotatable bonds is 7. The van der Waals surface area contributed by atoms with Gasteiger partial charge < -0.3 is 26.3 Å². The molecule has 108 valence electrons. The van der Waals surface area contributed by atoms with Crippen molar-refractivity contribution < 1.29 is 14.7 Å². The summed E-state index contributed by atoms with van der Waals surface area (Å²) in [5.74, 6) is -1.89. The van der Waals surface area contributed by atoms with Crippen LogP contribution in [-0.4, -0.2) is 23.0 Å². The summed E-state index contributed by atoms with van der Waals surface area (Å²) in [5, 5.41) is 16.6. The van der Waals surface area contributed by atoms with Crippen LogP contribution in [0.15, 0.2) is 30.3 Å². The third-order valence-electron chi connectivity index (χ3n) is 2.57. The minimum atomic E-state index is -1.32. The van der Waals surface area contributed by atoms with E-state index < -0.39 is 17.9 Å². The molecule has 1 amide bonds. The van der Waals surface area contributed by atoms with Crippen molar-refractivity contribution in [3.63, 3.8) is 0 Å². The third kappa shape index (κ3) is 6.14. The number of carbonyl (C=O) groups is 2. The Bertz CT molecular complexity index is 479. The summed E-state index contributed by atoms with van der Waals surface area (Å²) < 4.78 is 0. The number of aliphatic carboxylic acids is 1. The summed E-state index contributed by atoms with van der Waals surface area (Å²) >= 11 is 5.00. The predicted octanol–water partition coefficient (Wildman–Crippen LogP) is -0.965. The molecular weight excluding hydrogens is 278 g/mol. The molecule has 0 aliphatic rings.